The van der Waals surface area contributed by atoms with Crippen LogP contribution in [0.5, 0.6) is 0 Å². The predicted molar refractivity (Wildman–Crippen MR) is 128 cm³/mol. The van der Waals surface area contributed by atoms with Crippen molar-refractivity contribution in [2.45, 2.75) is 51.0 Å². The van der Waals surface area contributed by atoms with E-state index in [2.05, 4.69) is 29.6 Å². The average molecular weight is 465 g/mol. The predicted octanol–water partition coefficient (Wildman–Crippen LogP) is 4.41. The molecule has 1 heterocycles. The standard InChI is InChI=1S/C27H32N2O5/c1-18(14-25(30)29-13-7-6-8-19(29)15-26(31)32)16-28-27(33)34-17-24-22-11-4-2-9-20(22)21-10-3-5-12-23(21)24/h2-5,9-12,18-19,24H,6-8,13-17H2,1H3,(H,28,33)(H,31,32)/t18?,19-/m1/s1. The van der Waals surface area contributed by atoms with Crippen molar-refractivity contribution in [1.29, 1.82) is 0 Å². The van der Waals surface area contributed by atoms with E-state index in [1.807, 2.05) is 31.2 Å². The van der Waals surface area contributed by atoms with E-state index in [9.17, 15) is 14.4 Å². The summed E-state index contributed by atoms with van der Waals surface area (Å²) < 4.78 is 5.56. The number of hydrogen-bond acceptors (Lipinski definition) is 4. The van der Waals surface area contributed by atoms with Gasteiger partial charge < -0.3 is 20.1 Å². The van der Waals surface area contributed by atoms with Crippen LogP contribution in [-0.2, 0) is 14.3 Å². The van der Waals surface area contributed by atoms with Crippen LogP contribution in [0.2, 0.25) is 0 Å². The van der Waals surface area contributed by atoms with Gasteiger partial charge in [0.2, 0.25) is 5.91 Å². The molecule has 7 heteroatoms. The molecule has 2 aromatic carbocycles. The van der Waals surface area contributed by atoms with E-state index in [0.717, 1.165) is 30.4 Å². The van der Waals surface area contributed by atoms with Crippen molar-refractivity contribution in [3.05, 3.63) is 59.7 Å². The number of ether oxygens (including phenoxy) is 1. The Morgan fingerprint density at radius 2 is 1.71 bits per heavy atom. The number of likely N-dealkylation sites (tertiary alicyclic amines) is 1. The number of nitrogens with one attached hydrogen (secondary N) is 1. The highest BCUT2D eigenvalue weighted by molar-refractivity contribution is 5.79. The first-order valence-electron chi connectivity index (χ1n) is 12.0. The molecule has 0 saturated carbocycles. The molecule has 7 nitrogen and oxygen atoms in total. The summed E-state index contributed by atoms with van der Waals surface area (Å²) in [6.45, 7) is 3.07. The normalized spacial score (nSPS) is 18.0. The summed E-state index contributed by atoms with van der Waals surface area (Å²) in [6, 6.07) is 16.1. The molecule has 2 aliphatic rings. The highest BCUT2D eigenvalue weighted by Crippen LogP contribution is 2.44. The molecule has 4 rings (SSSR count). The maximum atomic E-state index is 12.8. The van der Waals surface area contributed by atoms with Gasteiger partial charge in [-0.3, -0.25) is 9.59 Å². The number of amides is 2. The molecule has 1 aliphatic heterocycles. The van der Waals surface area contributed by atoms with Crippen LogP contribution in [0.3, 0.4) is 0 Å². The van der Waals surface area contributed by atoms with Gasteiger partial charge >= 0.3 is 12.1 Å². The number of benzene rings is 2. The van der Waals surface area contributed by atoms with Crippen LogP contribution in [0.4, 0.5) is 4.79 Å². The van der Waals surface area contributed by atoms with Crippen molar-refractivity contribution in [2.75, 3.05) is 19.7 Å². The number of carbonyl (C=O) groups excluding carboxylic acids is 2. The number of piperidine rings is 1. The molecule has 2 N–H and O–H groups in total. The fourth-order valence-electron chi connectivity index (χ4n) is 5.14. The number of aliphatic carboxylic acids is 1. The lowest BCUT2D eigenvalue weighted by Gasteiger charge is -2.35. The second-order valence-corrected chi connectivity index (χ2v) is 9.35. The molecular formula is C27H32N2O5. The Morgan fingerprint density at radius 3 is 2.35 bits per heavy atom. The van der Waals surface area contributed by atoms with Crippen LogP contribution >= 0.6 is 0 Å². The van der Waals surface area contributed by atoms with Gasteiger partial charge in [-0.25, -0.2) is 4.79 Å². The van der Waals surface area contributed by atoms with E-state index < -0.39 is 12.1 Å². The number of carboxylic acid groups (broad SMARTS) is 1. The Balaban J connectivity index is 1.26. The minimum atomic E-state index is -0.880. The summed E-state index contributed by atoms with van der Waals surface area (Å²) in [6.07, 6.45) is 2.32. The number of alkyl carbamates (subject to hydrolysis) is 1. The molecule has 1 saturated heterocycles. The van der Waals surface area contributed by atoms with Crippen LogP contribution in [0.15, 0.2) is 48.5 Å². The quantitative estimate of drug-likeness (QED) is 0.603. The SMILES string of the molecule is CC(CNC(=O)OCC1c2ccccc2-c2ccccc21)CC(=O)N1CCCC[C@@H]1CC(=O)O. The largest absolute Gasteiger partial charge is 0.481 e. The van der Waals surface area contributed by atoms with Crippen LogP contribution in [0.25, 0.3) is 11.1 Å². The molecule has 180 valence electrons. The maximum Gasteiger partial charge on any atom is 0.407 e. The Kier molecular flexibility index (Phi) is 7.50. The number of fused-ring (bicyclic) bond motifs is 3. The molecule has 0 spiro atoms. The summed E-state index contributed by atoms with van der Waals surface area (Å²) in [4.78, 5) is 38.0. The lowest BCUT2D eigenvalue weighted by Crippen LogP contribution is -2.45. The zero-order valence-corrected chi connectivity index (χ0v) is 19.5. The molecule has 1 unspecified atom stereocenters. The van der Waals surface area contributed by atoms with Crippen LogP contribution < -0.4 is 5.32 Å². The van der Waals surface area contributed by atoms with Gasteiger partial charge in [0.05, 0.1) is 6.42 Å². The molecule has 34 heavy (non-hydrogen) atoms. The van der Waals surface area contributed by atoms with Gasteiger partial charge in [0.25, 0.3) is 0 Å². The summed E-state index contributed by atoms with van der Waals surface area (Å²) >= 11 is 0. The van der Waals surface area contributed by atoms with E-state index in [0.29, 0.717) is 13.1 Å². The Morgan fingerprint density at radius 1 is 1.06 bits per heavy atom. The zero-order valence-electron chi connectivity index (χ0n) is 19.5. The second kappa shape index (κ2) is 10.7. The van der Waals surface area contributed by atoms with Crippen molar-refractivity contribution in [3.8, 4) is 11.1 Å². The van der Waals surface area contributed by atoms with Gasteiger partial charge in [-0.05, 0) is 47.4 Å². The first kappa shape index (κ1) is 23.8. The van der Waals surface area contributed by atoms with Gasteiger partial charge in [-0.2, -0.15) is 0 Å². The van der Waals surface area contributed by atoms with Crippen molar-refractivity contribution in [2.24, 2.45) is 5.92 Å². The third-order valence-corrected chi connectivity index (χ3v) is 6.82. The second-order valence-electron chi connectivity index (χ2n) is 9.35. The Labute approximate surface area is 200 Å². The molecule has 2 atom stereocenters. The smallest absolute Gasteiger partial charge is 0.407 e. The van der Waals surface area contributed by atoms with E-state index in [4.69, 9.17) is 9.84 Å². The zero-order chi connectivity index (χ0) is 24.1. The lowest BCUT2D eigenvalue weighted by atomic mass is 9.97. The van der Waals surface area contributed by atoms with Gasteiger partial charge in [0.15, 0.2) is 0 Å². The fourth-order valence-corrected chi connectivity index (χ4v) is 5.14. The van der Waals surface area contributed by atoms with E-state index in [1.165, 1.54) is 11.1 Å². The van der Waals surface area contributed by atoms with Crippen LogP contribution in [-0.4, -0.2) is 53.7 Å². The summed E-state index contributed by atoms with van der Waals surface area (Å²) in [5.74, 6) is -1.01. The van der Waals surface area contributed by atoms with Gasteiger partial charge in [-0.1, -0.05) is 55.5 Å². The Hall–Kier alpha value is -3.35. The number of carbonyl (C=O) groups is 3. The monoisotopic (exact) mass is 464 g/mol. The van der Waals surface area contributed by atoms with Gasteiger partial charge in [-0.15, -0.1) is 0 Å². The van der Waals surface area contributed by atoms with Crippen LogP contribution in [0, 0.1) is 5.92 Å². The fraction of sp³-hybridized carbons (Fsp3) is 0.444. The van der Waals surface area contributed by atoms with Crippen molar-refractivity contribution < 1.29 is 24.2 Å². The van der Waals surface area contributed by atoms with E-state index in [-0.39, 0.29) is 43.2 Å². The number of rotatable bonds is 8. The third kappa shape index (κ3) is 5.41. The molecular weight excluding hydrogens is 432 g/mol. The van der Waals surface area contributed by atoms with Crippen molar-refractivity contribution in [1.82, 2.24) is 10.2 Å². The highest BCUT2D eigenvalue weighted by Gasteiger charge is 2.30. The number of carboxylic acids is 1. The minimum absolute atomic E-state index is 0.00224. The molecule has 0 bridgehead atoms. The summed E-state index contributed by atoms with van der Waals surface area (Å²) in [5, 5.41) is 11.9. The first-order valence-corrected chi connectivity index (χ1v) is 12.0. The maximum absolute atomic E-state index is 12.8. The molecule has 0 radical (unpaired) electrons. The van der Waals surface area contributed by atoms with Crippen molar-refractivity contribution >= 4 is 18.0 Å². The highest BCUT2D eigenvalue weighted by atomic mass is 16.5. The minimum Gasteiger partial charge on any atom is -0.481 e. The summed E-state index contributed by atoms with van der Waals surface area (Å²) in [7, 11) is 0. The van der Waals surface area contributed by atoms with E-state index in [1.54, 1.807) is 4.90 Å². The van der Waals surface area contributed by atoms with Gasteiger partial charge in [0, 0.05) is 31.5 Å². The Bertz CT molecular complexity index is 1010. The number of nitrogens with zero attached hydrogens (tertiary/aromatic N) is 1. The van der Waals surface area contributed by atoms with Crippen molar-refractivity contribution in [3.63, 3.8) is 0 Å². The average Bonchev–Trinajstić information content (AvgIpc) is 3.15. The van der Waals surface area contributed by atoms with Crippen LogP contribution in [0.1, 0.15) is 56.1 Å². The van der Waals surface area contributed by atoms with E-state index >= 15 is 0 Å². The first-order chi connectivity index (χ1) is 16.4. The summed E-state index contributed by atoms with van der Waals surface area (Å²) in [5.41, 5.74) is 4.68. The molecule has 0 aromatic heterocycles. The third-order valence-electron chi connectivity index (χ3n) is 6.82. The van der Waals surface area contributed by atoms with Gasteiger partial charge in [0.1, 0.15) is 6.61 Å². The molecule has 1 aliphatic carbocycles. The topological polar surface area (TPSA) is 95.9 Å². The molecule has 2 aromatic rings. The number of hydrogen-bond donors (Lipinski definition) is 2. The lowest BCUT2D eigenvalue weighted by molar-refractivity contribution is -0.142. The molecule has 2 amide bonds. The molecule has 1 fully saturated rings.